The fourth-order valence-corrected chi connectivity index (χ4v) is 4.25. The second kappa shape index (κ2) is 7.80. The van der Waals surface area contributed by atoms with E-state index in [1.165, 1.54) is 0 Å². The SMILES string of the molecule is CCn1ccc(C(=O)N2CCC[C@@]3(CCC(=O)N(CCC(C)C)C3)C2)n1. The van der Waals surface area contributed by atoms with Crippen LogP contribution >= 0.6 is 0 Å². The van der Waals surface area contributed by atoms with E-state index in [4.69, 9.17) is 0 Å². The number of nitrogens with zero attached hydrogens (tertiary/aromatic N) is 4. The highest BCUT2D eigenvalue weighted by Crippen LogP contribution is 2.39. The molecule has 144 valence electrons. The van der Waals surface area contributed by atoms with Crippen molar-refractivity contribution in [1.29, 1.82) is 0 Å². The van der Waals surface area contributed by atoms with Crippen molar-refractivity contribution in [1.82, 2.24) is 19.6 Å². The number of hydrogen-bond donors (Lipinski definition) is 0. The third kappa shape index (κ3) is 4.10. The Morgan fingerprint density at radius 3 is 2.81 bits per heavy atom. The van der Waals surface area contributed by atoms with E-state index < -0.39 is 0 Å². The summed E-state index contributed by atoms with van der Waals surface area (Å²) in [6.45, 7) is 10.3. The molecule has 0 unspecified atom stereocenters. The molecule has 2 amide bonds. The van der Waals surface area contributed by atoms with Gasteiger partial charge in [0, 0.05) is 50.8 Å². The molecule has 3 rings (SSSR count). The van der Waals surface area contributed by atoms with Gasteiger partial charge < -0.3 is 9.80 Å². The highest BCUT2D eigenvalue weighted by Gasteiger charge is 2.42. The number of aromatic nitrogens is 2. The summed E-state index contributed by atoms with van der Waals surface area (Å²) in [5.41, 5.74) is 0.596. The van der Waals surface area contributed by atoms with Gasteiger partial charge in [-0.05, 0) is 44.6 Å². The van der Waals surface area contributed by atoms with E-state index in [9.17, 15) is 9.59 Å². The van der Waals surface area contributed by atoms with Crippen LogP contribution in [-0.4, -0.2) is 57.6 Å². The molecule has 1 aromatic rings. The van der Waals surface area contributed by atoms with E-state index in [-0.39, 0.29) is 17.2 Å². The molecule has 0 aromatic carbocycles. The predicted octanol–water partition coefficient (Wildman–Crippen LogP) is 2.79. The highest BCUT2D eigenvalue weighted by atomic mass is 16.2. The second-order valence-electron chi connectivity index (χ2n) is 8.38. The van der Waals surface area contributed by atoms with E-state index in [2.05, 4.69) is 18.9 Å². The Bertz CT molecular complexity index is 654. The molecule has 6 nitrogen and oxygen atoms in total. The van der Waals surface area contributed by atoms with Crippen LogP contribution in [0.15, 0.2) is 12.3 Å². The average molecular weight is 361 g/mol. The summed E-state index contributed by atoms with van der Waals surface area (Å²) in [6, 6.07) is 1.81. The molecular formula is C20H32N4O2. The Balaban J connectivity index is 1.68. The van der Waals surface area contributed by atoms with Crippen LogP contribution in [0.25, 0.3) is 0 Å². The maximum Gasteiger partial charge on any atom is 0.274 e. The van der Waals surface area contributed by atoms with Crippen LogP contribution in [0.4, 0.5) is 0 Å². The first kappa shape index (κ1) is 18.9. The maximum atomic E-state index is 12.9. The number of hydrogen-bond acceptors (Lipinski definition) is 3. The van der Waals surface area contributed by atoms with E-state index in [0.717, 1.165) is 58.4 Å². The Kier molecular flexibility index (Phi) is 5.68. The van der Waals surface area contributed by atoms with Crippen molar-refractivity contribution in [2.24, 2.45) is 11.3 Å². The van der Waals surface area contributed by atoms with Gasteiger partial charge in [0.05, 0.1) is 0 Å². The van der Waals surface area contributed by atoms with Gasteiger partial charge >= 0.3 is 0 Å². The van der Waals surface area contributed by atoms with E-state index in [0.29, 0.717) is 18.0 Å². The lowest BCUT2D eigenvalue weighted by molar-refractivity contribution is -0.139. The van der Waals surface area contributed by atoms with Gasteiger partial charge in [-0.15, -0.1) is 0 Å². The summed E-state index contributed by atoms with van der Waals surface area (Å²) >= 11 is 0. The molecule has 2 aliphatic rings. The second-order valence-corrected chi connectivity index (χ2v) is 8.38. The van der Waals surface area contributed by atoms with Crippen molar-refractivity contribution in [2.75, 3.05) is 26.2 Å². The van der Waals surface area contributed by atoms with Gasteiger partial charge in [-0.1, -0.05) is 13.8 Å². The minimum absolute atomic E-state index is 0.0295. The minimum Gasteiger partial charge on any atom is -0.342 e. The summed E-state index contributed by atoms with van der Waals surface area (Å²) in [4.78, 5) is 29.2. The zero-order valence-corrected chi connectivity index (χ0v) is 16.4. The minimum atomic E-state index is 0.0295. The van der Waals surface area contributed by atoms with Gasteiger partial charge in [-0.3, -0.25) is 14.3 Å². The summed E-state index contributed by atoms with van der Waals surface area (Å²) in [5, 5.41) is 4.37. The largest absolute Gasteiger partial charge is 0.342 e. The van der Waals surface area contributed by atoms with Gasteiger partial charge in [0.1, 0.15) is 5.69 Å². The molecule has 1 spiro atoms. The standard InChI is InChI=1S/C20H32N4O2/c1-4-24-13-8-17(21-24)19(26)23-11-5-9-20(15-23)10-6-18(25)22(14-20)12-7-16(2)3/h8,13,16H,4-7,9-12,14-15H2,1-3H3/t20-/m0/s1. The Labute approximate surface area is 156 Å². The monoisotopic (exact) mass is 360 g/mol. The van der Waals surface area contributed by atoms with Crippen molar-refractivity contribution in [3.63, 3.8) is 0 Å². The third-order valence-electron chi connectivity index (χ3n) is 5.86. The van der Waals surface area contributed by atoms with E-state index in [1.54, 1.807) is 4.68 Å². The third-order valence-corrected chi connectivity index (χ3v) is 5.86. The first-order valence-electron chi connectivity index (χ1n) is 10.0. The van der Waals surface area contributed by atoms with Gasteiger partial charge in [0.2, 0.25) is 5.91 Å². The molecule has 2 saturated heterocycles. The van der Waals surface area contributed by atoms with Crippen LogP contribution in [0, 0.1) is 11.3 Å². The smallest absolute Gasteiger partial charge is 0.274 e. The molecule has 26 heavy (non-hydrogen) atoms. The normalized spacial score (nSPS) is 23.9. The molecule has 0 bridgehead atoms. The summed E-state index contributed by atoms with van der Waals surface area (Å²) < 4.78 is 1.79. The molecule has 1 atom stereocenters. The van der Waals surface area contributed by atoms with Gasteiger partial charge in [0.15, 0.2) is 0 Å². The molecular weight excluding hydrogens is 328 g/mol. The molecule has 6 heteroatoms. The average Bonchev–Trinajstić information content (AvgIpc) is 3.11. The van der Waals surface area contributed by atoms with Crippen LogP contribution in [0.5, 0.6) is 0 Å². The molecule has 2 fully saturated rings. The first-order valence-corrected chi connectivity index (χ1v) is 10.0. The predicted molar refractivity (Wildman–Crippen MR) is 101 cm³/mol. The van der Waals surface area contributed by atoms with Crippen molar-refractivity contribution in [2.45, 2.75) is 59.4 Å². The van der Waals surface area contributed by atoms with Gasteiger partial charge in [-0.2, -0.15) is 5.10 Å². The van der Waals surface area contributed by atoms with Crippen molar-refractivity contribution in [3.05, 3.63) is 18.0 Å². The lowest BCUT2D eigenvalue weighted by atomic mass is 9.73. The maximum absolute atomic E-state index is 12.9. The quantitative estimate of drug-likeness (QED) is 0.811. The zero-order valence-electron chi connectivity index (χ0n) is 16.4. The number of aryl methyl sites for hydroxylation is 1. The van der Waals surface area contributed by atoms with E-state index in [1.807, 2.05) is 29.0 Å². The van der Waals surface area contributed by atoms with Crippen molar-refractivity contribution < 1.29 is 9.59 Å². The zero-order chi connectivity index (χ0) is 18.7. The number of rotatable bonds is 5. The van der Waals surface area contributed by atoms with Crippen LogP contribution in [0.3, 0.4) is 0 Å². The number of amides is 2. The Hall–Kier alpha value is -1.85. The fraction of sp³-hybridized carbons (Fsp3) is 0.750. The Morgan fingerprint density at radius 1 is 1.31 bits per heavy atom. The van der Waals surface area contributed by atoms with Crippen LogP contribution < -0.4 is 0 Å². The lowest BCUT2D eigenvalue weighted by Gasteiger charge is -2.48. The number of piperidine rings is 2. The topological polar surface area (TPSA) is 58.4 Å². The summed E-state index contributed by atoms with van der Waals surface area (Å²) in [7, 11) is 0. The summed E-state index contributed by atoms with van der Waals surface area (Å²) in [5.74, 6) is 0.905. The van der Waals surface area contributed by atoms with Crippen LogP contribution in [0.1, 0.15) is 63.4 Å². The highest BCUT2D eigenvalue weighted by molar-refractivity contribution is 5.92. The molecule has 0 saturated carbocycles. The number of carbonyl (C=O) groups excluding carboxylic acids is 2. The van der Waals surface area contributed by atoms with Crippen LogP contribution in [-0.2, 0) is 11.3 Å². The molecule has 3 heterocycles. The van der Waals surface area contributed by atoms with Gasteiger partial charge in [-0.25, -0.2) is 0 Å². The number of likely N-dealkylation sites (tertiary alicyclic amines) is 2. The number of carbonyl (C=O) groups is 2. The molecule has 0 aliphatic carbocycles. The van der Waals surface area contributed by atoms with E-state index >= 15 is 0 Å². The van der Waals surface area contributed by atoms with Gasteiger partial charge in [0.25, 0.3) is 5.91 Å². The Morgan fingerprint density at radius 2 is 2.12 bits per heavy atom. The molecule has 0 N–H and O–H groups in total. The van der Waals surface area contributed by atoms with Crippen molar-refractivity contribution in [3.8, 4) is 0 Å². The molecule has 2 aliphatic heterocycles. The molecule has 1 aromatic heterocycles. The van der Waals surface area contributed by atoms with Crippen LogP contribution in [0.2, 0.25) is 0 Å². The van der Waals surface area contributed by atoms with Crippen molar-refractivity contribution >= 4 is 11.8 Å². The first-order chi connectivity index (χ1) is 12.4. The summed E-state index contributed by atoms with van der Waals surface area (Å²) in [6.07, 6.45) is 6.53. The lowest BCUT2D eigenvalue weighted by Crippen LogP contribution is -2.55. The fourth-order valence-electron chi connectivity index (χ4n) is 4.25. The molecule has 0 radical (unpaired) electrons.